The van der Waals surface area contributed by atoms with Crippen LogP contribution >= 0.6 is 11.6 Å². The maximum Gasteiger partial charge on any atom is 0.325 e. The number of hydrogen-bond acceptors (Lipinski definition) is 2. The second-order valence-electron chi connectivity index (χ2n) is 2.84. The third-order valence-electron chi connectivity index (χ3n) is 1.75. The number of rotatable bonds is 2. The Bertz CT molecular complexity index is 338. The molecule has 1 rings (SSSR count). The Kier molecular flexibility index (Phi) is 2.90. The van der Waals surface area contributed by atoms with Crippen LogP contribution < -0.4 is 5.73 Å². The fourth-order valence-electron chi connectivity index (χ4n) is 1.03. The maximum atomic E-state index is 10.6. The summed E-state index contributed by atoms with van der Waals surface area (Å²) in [6.45, 7) is 1.86. The van der Waals surface area contributed by atoms with Crippen molar-refractivity contribution >= 4 is 17.6 Å². The number of carboxylic acids is 1. The van der Waals surface area contributed by atoms with Crippen LogP contribution in [0, 0.1) is 6.92 Å². The van der Waals surface area contributed by atoms with Gasteiger partial charge < -0.3 is 10.8 Å². The molecule has 1 unspecified atom stereocenters. The molecule has 0 amide bonds. The molecule has 13 heavy (non-hydrogen) atoms. The van der Waals surface area contributed by atoms with Crippen LogP contribution in [0.15, 0.2) is 18.2 Å². The highest BCUT2D eigenvalue weighted by molar-refractivity contribution is 6.31. The van der Waals surface area contributed by atoms with Crippen molar-refractivity contribution in [2.24, 2.45) is 5.73 Å². The summed E-state index contributed by atoms with van der Waals surface area (Å²) in [7, 11) is 0. The molecule has 1 aromatic carbocycles. The van der Waals surface area contributed by atoms with Crippen molar-refractivity contribution in [3.05, 3.63) is 34.3 Å². The highest BCUT2D eigenvalue weighted by Crippen LogP contribution is 2.22. The number of carbonyl (C=O) groups is 1. The van der Waals surface area contributed by atoms with Crippen molar-refractivity contribution in [2.75, 3.05) is 0 Å². The van der Waals surface area contributed by atoms with E-state index in [1.165, 1.54) is 0 Å². The van der Waals surface area contributed by atoms with E-state index in [1.807, 2.05) is 6.92 Å². The largest absolute Gasteiger partial charge is 0.480 e. The zero-order valence-corrected chi connectivity index (χ0v) is 7.88. The quantitative estimate of drug-likeness (QED) is 0.763. The highest BCUT2D eigenvalue weighted by atomic mass is 35.5. The summed E-state index contributed by atoms with van der Waals surface area (Å²) in [5.41, 5.74) is 6.82. The molecule has 70 valence electrons. The van der Waals surface area contributed by atoms with Gasteiger partial charge in [-0.2, -0.15) is 0 Å². The molecule has 1 aromatic rings. The van der Waals surface area contributed by atoms with E-state index in [4.69, 9.17) is 22.4 Å². The summed E-state index contributed by atoms with van der Waals surface area (Å²) < 4.78 is 0. The predicted molar refractivity (Wildman–Crippen MR) is 50.8 cm³/mol. The van der Waals surface area contributed by atoms with Crippen LogP contribution in [0.4, 0.5) is 0 Å². The summed E-state index contributed by atoms with van der Waals surface area (Å²) >= 11 is 5.79. The lowest BCUT2D eigenvalue weighted by atomic mass is 10.1. The molecule has 0 aliphatic carbocycles. The van der Waals surface area contributed by atoms with E-state index in [0.717, 1.165) is 5.56 Å². The second-order valence-corrected chi connectivity index (χ2v) is 3.25. The van der Waals surface area contributed by atoms with E-state index in [-0.39, 0.29) is 0 Å². The zero-order chi connectivity index (χ0) is 10.0. The van der Waals surface area contributed by atoms with Crippen LogP contribution in [-0.2, 0) is 4.79 Å². The lowest BCUT2D eigenvalue weighted by Crippen LogP contribution is -2.21. The Morgan fingerprint density at radius 3 is 2.77 bits per heavy atom. The first-order chi connectivity index (χ1) is 6.02. The van der Waals surface area contributed by atoms with Gasteiger partial charge in [0.25, 0.3) is 0 Å². The Balaban J connectivity index is 3.12. The Morgan fingerprint density at radius 2 is 2.23 bits per heavy atom. The molecule has 0 radical (unpaired) electrons. The monoisotopic (exact) mass is 199 g/mol. The van der Waals surface area contributed by atoms with E-state index in [2.05, 4.69) is 0 Å². The molecule has 3 N–H and O–H groups in total. The molecule has 0 saturated heterocycles. The fourth-order valence-corrected chi connectivity index (χ4v) is 1.27. The van der Waals surface area contributed by atoms with Gasteiger partial charge in [0.15, 0.2) is 0 Å². The fraction of sp³-hybridized carbons (Fsp3) is 0.222. The first-order valence-corrected chi connectivity index (χ1v) is 4.14. The SMILES string of the molecule is Cc1ccc(Cl)c(C(N)C(=O)O)c1. The molecule has 0 bridgehead atoms. The Hall–Kier alpha value is -1.06. The topological polar surface area (TPSA) is 63.3 Å². The average Bonchev–Trinajstić information content (AvgIpc) is 2.08. The molecule has 4 heteroatoms. The minimum atomic E-state index is -1.08. The maximum absolute atomic E-state index is 10.6. The van der Waals surface area contributed by atoms with Crippen LogP contribution in [0.1, 0.15) is 17.2 Å². The van der Waals surface area contributed by atoms with E-state index in [1.54, 1.807) is 18.2 Å². The van der Waals surface area contributed by atoms with E-state index < -0.39 is 12.0 Å². The molecule has 0 spiro atoms. The van der Waals surface area contributed by atoms with Crippen LogP contribution in [0.3, 0.4) is 0 Å². The molecular formula is C9H10ClNO2. The minimum absolute atomic E-state index is 0.389. The summed E-state index contributed by atoms with van der Waals surface area (Å²) in [5.74, 6) is -1.08. The number of aliphatic carboxylic acids is 1. The summed E-state index contributed by atoms with van der Waals surface area (Å²) in [4.78, 5) is 10.6. The number of hydrogen-bond donors (Lipinski definition) is 2. The molecule has 0 heterocycles. The van der Waals surface area contributed by atoms with Crippen molar-refractivity contribution < 1.29 is 9.90 Å². The van der Waals surface area contributed by atoms with E-state index in [9.17, 15) is 4.79 Å². The van der Waals surface area contributed by atoms with Crippen molar-refractivity contribution in [3.8, 4) is 0 Å². The van der Waals surface area contributed by atoms with Gasteiger partial charge in [-0.3, -0.25) is 4.79 Å². The highest BCUT2D eigenvalue weighted by Gasteiger charge is 2.16. The van der Waals surface area contributed by atoms with Gasteiger partial charge in [-0.15, -0.1) is 0 Å². The first kappa shape index (κ1) is 10.0. The van der Waals surface area contributed by atoms with Crippen molar-refractivity contribution in [1.29, 1.82) is 0 Å². The Morgan fingerprint density at radius 1 is 1.62 bits per heavy atom. The predicted octanol–water partition coefficient (Wildman–Crippen LogP) is 1.73. The molecular weight excluding hydrogens is 190 g/mol. The van der Waals surface area contributed by atoms with Gasteiger partial charge in [0.05, 0.1) is 0 Å². The van der Waals surface area contributed by atoms with E-state index in [0.29, 0.717) is 10.6 Å². The van der Waals surface area contributed by atoms with Gasteiger partial charge in [-0.25, -0.2) is 0 Å². The molecule has 0 aromatic heterocycles. The van der Waals surface area contributed by atoms with Gasteiger partial charge in [-0.05, 0) is 18.6 Å². The average molecular weight is 200 g/mol. The molecule has 0 fully saturated rings. The summed E-state index contributed by atoms with van der Waals surface area (Å²) in [6.07, 6.45) is 0. The molecule has 0 aliphatic rings. The van der Waals surface area contributed by atoms with Crippen LogP contribution in [0.25, 0.3) is 0 Å². The van der Waals surface area contributed by atoms with Crippen LogP contribution in [0.2, 0.25) is 5.02 Å². The first-order valence-electron chi connectivity index (χ1n) is 3.77. The molecule has 3 nitrogen and oxygen atoms in total. The van der Waals surface area contributed by atoms with Crippen molar-refractivity contribution in [3.63, 3.8) is 0 Å². The number of aryl methyl sites for hydroxylation is 1. The van der Waals surface area contributed by atoms with E-state index >= 15 is 0 Å². The van der Waals surface area contributed by atoms with Gasteiger partial charge in [0.2, 0.25) is 0 Å². The standard InChI is InChI=1S/C9H10ClNO2/c1-5-2-3-7(10)6(4-5)8(11)9(12)13/h2-4,8H,11H2,1H3,(H,12,13). The van der Waals surface area contributed by atoms with Crippen LogP contribution in [0.5, 0.6) is 0 Å². The smallest absolute Gasteiger partial charge is 0.325 e. The number of halogens is 1. The normalized spacial score (nSPS) is 12.5. The van der Waals surface area contributed by atoms with Gasteiger partial charge >= 0.3 is 5.97 Å². The third kappa shape index (κ3) is 2.20. The second kappa shape index (κ2) is 3.77. The number of nitrogens with two attached hydrogens (primary N) is 1. The summed E-state index contributed by atoms with van der Waals surface area (Å²) in [6, 6.07) is 4.09. The number of benzene rings is 1. The molecule has 1 atom stereocenters. The zero-order valence-electron chi connectivity index (χ0n) is 7.12. The van der Waals surface area contributed by atoms with Crippen molar-refractivity contribution in [1.82, 2.24) is 0 Å². The lowest BCUT2D eigenvalue weighted by Gasteiger charge is -2.09. The van der Waals surface area contributed by atoms with Gasteiger partial charge in [0, 0.05) is 5.02 Å². The van der Waals surface area contributed by atoms with Gasteiger partial charge in [0.1, 0.15) is 6.04 Å². The van der Waals surface area contributed by atoms with Crippen molar-refractivity contribution in [2.45, 2.75) is 13.0 Å². The van der Waals surface area contributed by atoms with Crippen LogP contribution in [-0.4, -0.2) is 11.1 Å². The Labute approximate surface area is 81.1 Å². The van der Waals surface area contributed by atoms with Gasteiger partial charge in [-0.1, -0.05) is 29.3 Å². The summed E-state index contributed by atoms with van der Waals surface area (Å²) in [5, 5.41) is 9.06. The third-order valence-corrected chi connectivity index (χ3v) is 2.10. The minimum Gasteiger partial charge on any atom is -0.480 e. The lowest BCUT2D eigenvalue weighted by molar-refractivity contribution is -0.138. The number of carboxylic acid groups (broad SMARTS) is 1. The molecule has 0 saturated carbocycles. The molecule has 0 aliphatic heterocycles.